The standard InChI is InChI=1S/C39H48F3N3O3/c40-39(41,42)48-35-24-29(10-11-30(35)23-31-12-13-45(38(31)47)34-4-2-1-3-5-34)27-6-8-28(9-7-27)37(46)44-16-14-43(15-17-44)36-32-19-25-18-26(21-32)22-33(36)20-25/h6-11,24-26,31-34,36H,1-5,12-23H2. The van der Waals surface area contributed by atoms with Crippen molar-refractivity contribution in [2.24, 2.45) is 29.6 Å². The van der Waals surface area contributed by atoms with E-state index in [-0.39, 0.29) is 35.9 Å². The molecule has 9 rings (SSSR count). The van der Waals surface area contributed by atoms with Gasteiger partial charge in [-0.2, -0.15) is 0 Å². The molecule has 6 nitrogen and oxygen atoms in total. The Labute approximate surface area is 282 Å². The van der Waals surface area contributed by atoms with Crippen molar-refractivity contribution < 1.29 is 27.5 Å². The molecule has 1 atom stereocenters. The van der Waals surface area contributed by atoms with Crippen LogP contribution in [0.1, 0.15) is 86.6 Å². The van der Waals surface area contributed by atoms with Gasteiger partial charge in [-0.1, -0.05) is 43.5 Å². The first-order chi connectivity index (χ1) is 23.2. The Kier molecular flexibility index (Phi) is 8.71. The number of alkyl halides is 3. The van der Waals surface area contributed by atoms with Crippen LogP contribution >= 0.6 is 0 Å². The molecule has 4 bridgehead atoms. The summed E-state index contributed by atoms with van der Waals surface area (Å²) in [5.74, 6) is 3.05. The van der Waals surface area contributed by atoms with Gasteiger partial charge in [-0.3, -0.25) is 14.5 Å². The number of hydrogen-bond acceptors (Lipinski definition) is 4. The molecule has 258 valence electrons. The van der Waals surface area contributed by atoms with E-state index in [1.54, 1.807) is 36.4 Å². The molecule has 0 radical (unpaired) electrons. The fraction of sp³-hybridized carbons (Fsp3) is 0.641. The number of benzene rings is 2. The van der Waals surface area contributed by atoms with Crippen LogP contribution < -0.4 is 4.74 Å². The minimum atomic E-state index is -4.85. The molecule has 1 unspecified atom stereocenters. The summed E-state index contributed by atoms with van der Waals surface area (Å²) in [5.41, 5.74) is 2.26. The molecule has 0 aromatic heterocycles. The molecule has 2 aliphatic heterocycles. The second-order valence-electron chi connectivity index (χ2n) is 15.7. The molecule has 7 aliphatic rings. The first-order valence-electron chi connectivity index (χ1n) is 18.5. The second-order valence-corrected chi connectivity index (χ2v) is 15.7. The number of likely N-dealkylation sites (tertiary alicyclic amines) is 1. The minimum Gasteiger partial charge on any atom is -0.405 e. The highest BCUT2D eigenvalue weighted by Gasteiger charge is 2.50. The zero-order valence-corrected chi connectivity index (χ0v) is 27.8. The third-order valence-electron chi connectivity index (χ3n) is 12.8. The topological polar surface area (TPSA) is 53.1 Å². The molecule has 0 N–H and O–H groups in total. The average molecular weight is 664 g/mol. The SMILES string of the molecule is O=C(c1ccc(-c2ccc(CC3CCN(C4CCCCC4)C3=O)c(OC(F)(F)F)c2)cc1)N1CCN(C2C3CC4CC(C3)CC2C4)CC1. The van der Waals surface area contributed by atoms with Gasteiger partial charge in [0, 0.05) is 56.3 Å². The highest BCUT2D eigenvalue weighted by molar-refractivity contribution is 5.94. The number of carbonyl (C=O) groups is 2. The van der Waals surface area contributed by atoms with Crippen LogP contribution in [0.25, 0.3) is 11.1 Å². The number of carbonyl (C=O) groups excluding carboxylic acids is 2. The maximum Gasteiger partial charge on any atom is 0.573 e. The van der Waals surface area contributed by atoms with Gasteiger partial charge in [0.15, 0.2) is 0 Å². The van der Waals surface area contributed by atoms with Crippen LogP contribution in [0.3, 0.4) is 0 Å². The van der Waals surface area contributed by atoms with E-state index < -0.39 is 6.36 Å². The third-order valence-corrected chi connectivity index (χ3v) is 12.8. The molecule has 7 fully saturated rings. The van der Waals surface area contributed by atoms with Crippen LogP contribution in [0.15, 0.2) is 42.5 Å². The van der Waals surface area contributed by atoms with E-state index >= 15 is 0 Å². The molecule has 2 saturated heterocycles. The Bertz CT molecular complexity index is 1470. The largest absolute Gasteiger partial charge is 0.573 e. The Morgan fingerprint density at radius 1 is 0.771 bits per heavy atom. The van der Waals surface area contributed by atoms with E-state index in [0.717, 1.165) is 75.5 Å². The zero-order chi connectivity index (χ0) is 33.0. The number of hydrogen-bond donors (Lipinski definition) is 0. The number of halogens is 3. The summed E-state index contributed by atoms with van der Waals surface area (Å²) in [6, 6.07) is 13.0. The Morgan fingerprint density at radius 3 is 2.06 bits per heavy atom. The first-order valence-corrected chi connectivity index (χ1v) is 18.5. The lowest BCUT2D eigenvalue weighted by atomic mass is 9.54. The molecule has 2 aromatic rings. The predicted molar refractivity (Wildman–Crippen MR) is 177 cm³/mol. The normalized spacial score (nSPS) is 31.1. The maximum absolute atomic E-state index is 13.5. The molecule has 9 heteroatoms. The Morgan fingerprint density at radius 2 is 1.42 bits per heavy atom. The lowest BCUT2D eigenvalue weighted by Crippen LogP contribution is -2.60. The molecule has 5 saturated carbocycles. The molecular weight excluding hydrogens is 615 g/mol. The van der Waals surface area contributed by atoms with Crippen LogP contribution in [0.5, 0.6) is 5.75 Å². The van der Waals surface area contributed by atoms with Crippen LogP contribution in [-0.4, -0.2) is 77.7 Å². The van der Waals surface area contributed by atoms with Crippen LogP contribution in [0, 0.1) is 29.6 Å². The van der Waals surface area contributed by atoms with Gasteiger partial charge in [-0.05, 0) is 116 Å². The fourth-order valence-corrected chi connectivity index (χ4v) is 10.8. The van der Waals surface area contributed by atoms with Gasteiger partial charge in [0.2, 0.25) is 5.91 Å². The molecule has 2 heterocycles. The van der Waals surface area contributed by atoms with Gasteiger partial charge < -0.3 is 14.5 Å². The highest BCUT2D eigenvalue weighted by Crippen LogP contribution is 2.55. The molecule has 2 aromatic carbocycles. The first kappa shape index (κ1) is 32.2. The summed E-state index contributed by atoms with van der Waals surface area (Å²) < 4.78 is 45.1. The van der Waals surface area contributed by atoms with Gasteiger partial charge in [0.25, 0.3) is 5.91 Å². The van der Waals surface area contributed by atoms with Crippen LogP contribution in [0.4, 0.5) is 13.2 Å². The zero-order valence-electron chi connectivity index (χ0n) is 27.8. The van der Waals surface area contributed by atoms with Crippen molar-refractivity contribution in [3.05, 3.63) is 53.6 Å². The van der Waals surface area contributed by atoms with Crippen molar-refractivity contribution in [2.75, 3.05) is 32.7 Å². The number of rotatable bonds is 7. The summed E-state index contributed by atoms with van der Waals surface area (Å²) in [6.45, 7) is 3.98. The molecule has 2 amide bonds. The fourth-order valence-electron chi connectivity index (χ4n) is 10.8. The van der Waals surface area contributed by atoms with E-state index in [1.807, 2.05) is 9.80 Å². The van der Waals surface area contributed by atoms with E-state index in [2.05, 4.69) is 9.64 Å². The van der Waals surface area contributed by atoms with Gasteiger partial charge in [0.1, 0.15) is 5.75 Å². The number of nitrogens with zero attached hydrogens (tertiary/aromatic N) is 3. The quantitative estimate of drug-likeness (QED) is 0.307. The van der Waals surface area contributed by atoms with Crippen molar-refractivity contribution in [1.82, 2.24) is 14.7 Å². The van der Waals surface area contributed by atoms with E-state index in [4.69, 9.17) is 0 Å². The summed E-state index contributed by atoms with van der Waals surface area (Å²) in [6.07, 6.45) is 8.53. The lowest BCUT2D eigenvalue weighted by molar-refractivity contribution is -0.274. The van der Waals surface area contributed by atoms with Crippen molar-refractivity contribution in [1.29, 1.82) is 0 Å². The predicted octanol–water partition coefficient (Wildman–Crippen LogP) is 7.56. The van der Waals surface area contributed by atoms with Crippen LogP contribution in [-0.2, 0) is 11.2 Å². The summed E-state index contributed by atoms with van der Waals surface area (Å²) >= 11 is 0. The summed E-state index contributed by atoms with van der Waals surface area (Å²) in [7, 11) is 0. The summed E-state index contributed by atoms with van der Waals surface area (Å²) in [4.78, 5) is 33.3. The molecular formula is C39H48F3N3O3. The van der Waals surface area contributed by atoms with Gasteiger partial charge in [-0.15, -0.1) is 13.2 Å². The van der Waals surface area contributed by atoms with Crippen LogP contribution in [0.2, 0.25) is 0 Å². The van der Waals surface area contributed by atoms with Gasteiger partial charge >= 0.3 is 6.36 Å². The summed E-state index contributed by atoms with van der Waals surface area (Å²) in [5, 5.41) is 0. The monoisotopic (exact) mass is 663 g/mol. The molecule has 48 heavy (non-hydrogen) atoms. The second kappa shape index (κ2) is 13.0. The number of piperazine rings is 1. The average Bonchev–Trinajstić information content (AvgIpc) is 3.44. The number of ether oxygens (including phenoxy) is 1. The van der Waals surface area contributed by atoms with Crippen molar-refractivity contribution in [3.8, 4) is 16.9 Å². The van der Waals surface area contributed by atoms with Crippen molar-refractivity contribution >= 4 is 11.8 Å². The van der Waals surface area contributed by atoms with Crippen molar-refractivity contribution in [3.63, 3.8) is 0 Å². The van der Waals surface area contributed by atoms with Gasteiger partial charge in [-0.25, -0.2) is 0 Å². The lowest BCUT2D eigenvalue weighted by Gasteiger charge is -2.58. The number of amides is 2. The Balaban J connectivity index is 0.914. The van der Waals surface area contributed by atoms with Crippen molar-refractivity contribution in [2.45, 2.75) is 95.5 Å². The third kappa shape index (κ3) is 6.48. The smallest absolute Gasteiger partial charge is 0.405 e. The Hall–Kier alpha value is -3.07. The molecule has 0 spiro atoms. The minimum absolute atomic E-state index is 0.00576. The highest BCUT2D eigenvalue weighted by atomic mass is 19.4. The van der Waals surface area contributed by atoms with E-state index in [1.165, 1.54) is 44.6 Å². The van der Waals surface area contributed by atoms with E-state index in [9.17, 15) is 22.8 Å². The van der Waals surface area contributed by atoms with E-state index in [0.29, 0.717) is 41.3 Å². The van der Waals surface area contributed by atoms with Gasteiger partial charge in [0.05, 0.1) is 0 Å². The maximum atomic E-state index is 13.5. The molecule has 5 aliphatic carbocycles.